The number of halogens is 3. The molecule has 0 atom stereocenters. The summed E-state index contributed by atoms with van der Waals surface area (Å²) in [6.45, 7) is 5.46. The van der Waals surface area contributed by atoms with Crippen LogP contribution in [0.3, 0.4) is 0 Å². The highest BCUT2D eigenvalue weighted by Crippen LogP contribution is 2.34. The van der Waals surface area contributed by atoms with Crippen LogP contribution < -0.4 is 5.32 Å². The number of aromatic nitrogens is 4. The summed E-state index contributed by atoms with van der Waals surface area (Å²) in [6.07, 6.45) is -3.06. The molecule has 0 amide bonds. The van der Waals surface area contributed by atoms with Gasteiger partial charge in [-0.05, 0) is 45.0 Å². The van der Waals surface area contributed by atoms with Gasteiger partial charge in [0.05, 0.1) is 33.9 Å². The molecule has 0 spiro atoms. The Morgan fingerprint density at radius 1 is 1.06 bits per heavy atom. The summed E-state index contributed by atoms with van der Waals surface area (Å²) in [5.74, 6) is -0.767. The number of alkyl halides is 3. The lowest BCUT2D eigenvalue weighted by Gasteiger charge is -2.14. The van der Waals surface area contributed by atoms with Gasteiger partial charge in [0.2, 0.25) is 0 Å². The smallest absolute Gasteiger partial charge is 0.416 e. The number of aromatic carboxylic acids is 1. The molecular formula is C24H20F3N5O2. The van der Waals surface area contributed by atoms with Gasteiger partial charge in [-0.1, -0.05) is 23.8 Å². The van der Waals surface area contributed by atoms with E-state index >= 15 is 0 Å². The van der Waals surface area contributed by atoms with Crippen LogP contribution in [0, 0.1) is 20.8 Å². The van der Waals surface area contributed by atoms with Gasteiger partial charge in [0, 0.05) is 17.8 Å². The molecule has 0 fully saturated rings. The van der Waals surface area contributed by atoms with Crippen LogP contribution in [-0.4, -0.2) is 30.8 Å². The van der Waals surface area contributed by atoms with Gasteiger partial charge in [-0.25, -0.2) is 9.78 Å². The zero-order valence-corrected chi connectivity index (χ0v) is 18.5. The molecule has 0 radical (unpaired) electrons. The van der Waals surface area contributed by atoms with E-state index in [0.29, 0.717) is 34.8 Å². The lowest BCUT2D eigenvalue weighted by atomic mass is 10.1. The average Bonchev–Trinajstić information content (AvgIpc) is 3.18. The minimum Gasteiger partial charge on any atom is -0.478 e. The van der Waals surface area contributed by atoms with Crippen LogP contribution in [0.5, 0.6) is 0 Å². The Morgan fingerprint density at radius 3 is 2.50 bits per heavy atom. The monoisotopic (exact) mass is 467 g/mol. The molecule has 7 nitrogen and oxygen atoms in total. The Kier molecular flexibility index (Phi) is 5.82. The normalized spacial score (nSPS) is 11.5. The number of hydrogen-bond acceptors (Lipinski definition) is 5. The third-order valence-electron chi connectivity index (χ3n) is 5.11. The van der Waals surface area contributed by atoms with E-state index < -0.39 is 23.3 Å². The van der Waals surface area contributed by atoms with Crippen molar-refractivity contribution in [3.63, 3.8) is 0 Å². The molecule has 2 aromatic heterocycles. The van der Waals surface area contributed by atoms with E-state index in [9.17, 15) is 23.1 Å². The molecule has 4 rings (SSSR count). The number of nitrogens with one attached hydrogen (secondary N) is 1. The van der Waals surface area contributed by atoms with Gasteiger partial charge in [0.1, 0.15) is 5.82 Å². The molecule has 4 aromatic rings. The van der Waals surface area contributed by atoms with E-state index in [-0.39, 0.29) is 5.69 Å². The summed E-state index contributed by atoms with van der Waals surface area (Å²) in [7, 11) is 0. The van der Waals surface area contributed by atoms with Crippen molar-refractivity contribution in [1.82, 2.24) is 19.7 Å². The fraction of sp³-hybridized carbons (Fsp3) is 0.167. The van der Waals surface area contributed by atoms with Crippen molar-refractivity contribution >= 4 is 17.5 Å². The third kappa shape index (κ3) is 4.61. The summed E-state index contributed by atoms with van der Waals surface area (Å²) < 4.78 is 40.9. The second-order valence-electron chi connectivity index (χ2n) is 7.80. The van der Waals surface area contributed by atoms with Crippen molar-refractivity contribution in [2.45, 2.75) is 26.9 Å². The molecule has 2 N–H and O–H groups in total. The molecule has 2 aromatic carbocycles. The van der Waals surface area contributed by atoms with Gasteiger partial charge in [0.15, 0.2) is 5.82 Å². The lowest BCUT2D eigenvalue weighted by molar-refractivity contribution is -0.137. The first-order chi connectivity index (χ1) is 16.0. The van der Waals surface area contributed by atoms with Crippen LogP contribution >= 0.6 is 0 Å². The Bertz CT molecular complexity index is 1400. The summed E-state index contributed by atoms with van der Waals surface area (Å²) in [4.78, 5) is 20.6. The number of anilines is 2. The zero-order valence-electron chi connectivity index (χ0n) is 18.5. The van der Waals surface area contributed by atoms with Crippen molar-refractivity contribution in [2.24, 2.45) is 0 Å². The molecule has 0 aliphatic carbocycles. The quantitative estimate of drug-likeness (QED) is 0.390. The van der Waals surface area contributed by atoms with E-state index in [4.69, 9.17) is 0 Å². The van der Waals surface area contributed by atoms with Crippen LogP contribution in [-0.2, 0) is 6.18 Å². The van der Waals surface area contributed by atoms with E-state index in [1.54, 1.807) is 26.1 Å². The van der Waals surface area contributed by atoms with Gasteiger partial charge in [-0.3, -0.25) is 4.98 Å². The highest BCUT2D eigenvalue weighted by molar-refractivity contribution is 5.95. The van der Waals surface area contributed by atoms with Gasteiger partial charge in [0.25, 0.3) is 0 Å². The van der Waals surface area contributed by atoms with E-state index in [1.807, 2.05) is 31.2 Å². The van der Waals surface area contributed by atoms with Crippen molar-refractivity contribution in [2.75, 3.05) is 5.32 Å². The fourth-order valence-corrected chi connectivity index (χ4v) is 3.45. The maximum atomic E-state index is 13.1. The maximum absolute atomic E-state index is 13.1. The first-order valence-corrected chi connectivity index (χ1v) is 10.2. The number of rotatable bonds is 5. The molecule has 2 heterocycles. The molecule has 0 aliphatic rings. The highest BCUT2D eigenvalue weighted by Gasteiger charge is 2.32. The molecule has 0 saturated heterocycles. The van der Waals surface area contributed by atoms with Crippen LogP contribution in [0.1, 0.15) is 32.9 Å². The summed E-state index contributed by atoms with van der Waals surface area (Å²) >= 11 is 0. The first-order valence-electron chi connectivity index (χ1n) is 10.2. The van der Waals surface area contributed by atoms with Crippen LogP contribution in [0.25, 0.3) is 17.1 Å². The average molecular weight is 467 g/mol. The van der Waals surface area contributed by atoms with E-state index in [2.05, 4.69) is 20.4 Å². The lowest BCUT2D eigenvalue weighted by Crippen LogP contribution is -2.12. The molecule has 0 saturated carbocycles. The van der Waals surface area contributed by atoms with Crippen molar-refractivity contribution < 1.29 is 23.1 Å². The van der Waals surface area contributed by atoms with Gasteiger partial charge >= 0.3 is 12.1 Å². The number of nitrogens with zero attached hydrogens (tertiary/aromatic N) is 4. The van der Waals surface area contributed by atoms with Gasteiger partial charge in [-0.15, -0.1) is 0 Å². The molecular weight excluding hydrogens is 447 g/mol. The summed E-state index contributed by atoms with van der Waals surface area (Å²) in [5.41, 5.74) is 2.01. The number of aryl methyl sites for hydroxylation is 3. The van der Waals surface area contributed by atoms with Crippen LogP contribution in [0.4, 0.5) is 24.7 Å². The highest BCUT2D eigenvalue weighted by atomic mass is 19.4. The minimum atomic E-state index is -4.67. The largest absolute Gasteiger partial charge is 0.478 e. The standard InChI is InChI=1S/C24H20F3N5O2/c1-13-5-4-6-16(9-13)20-11-21(32(31-20)22-15(3)28-12-14(2)29-22)30-19-8-7-17(24(25,26)27)10-18(19)23(33)34/h4-12,30H,1-3H3,(H,33,34). The van der Waals surface area contributed by atoms with E-state index in [0.717, 1.165) is 23.3 Å². The molecule has 174 valence electrons. The summed E-state index contributed by atoms with van der Waals surface area (Å²) in [6, 6.07) is 11.8. The van der Waals surface area contributed by atoms with E-state index in [1.165, 1.54) is 4.68 Å². The third-order valence-corrected chi connectivity index (χ3v) is 5.11. The zero-order chi connectivity index (χ0) is 24.6. The second kappa shape index (κ2) is 8.62. The predicted octanol–water partition coefficient (Wildman–Crippen LogP) is 5.72. The van der Waals surface area contributed by atoms with Crippen molar-refractivity contribution in [3.05, 3.63) is 82.8 Å². The molecule has 0 bridgehead atoms. The second-order valence-corrected chi connectivity index (χ2v) is 7.80. The van der Waals surface area contributed by atoms with Gasteiger partial charge < -0.3 is 10.4 Å². The Morgan fingerprint density at radius 2 is 1.82 bits per heavy atom. The minimum absolute atomic E-state index is 0.0179. The van der Waals surface area contributed by atoms with Gasteiger partial charge in [-0.2, -0.15) is 23.0 Å². The predicted molar refractivity (Wildman–Crippen MR) is 120 cm³/mol. The number of carboxylic acid groups (broad SMARTS) is 1. The Hall–Kier alpha value is -4.21. The Balaban J connectivity index is 1.87. The number of carboxylic acids is 1. The van der Waals surface area contributed by atoms with Crippen molar-refractivity contribution in [3.8, 4) is 17.1 Å². The molecule has 10 heteroatoms. The number of benzene rings is 2. The Labute approximate surface area is 192 Å². The number of carbonyl (C=O) groups is 1. The van der Waals surface area contributed by atoms with Crippen LogP contribution in [0.2, 0.25) is 0 Å². The summed E-state index contributed by atoms with van der Waals surface area (Å²) in [5, 5.41) is 17.1. The number of hydrogen-bond donors (Lipinski definition) is 2. The maximum Gasteiger partial charge on any atom is 0.416 e. The fourth-order valence-electron chi connectivity index (χ4n) is 3.45. The molecule has 0 unspecified atom stereocenters. The SMILES string of the molecule is Cc1cccc(-c2cc(Nc3ccc(C(F)(F)F)cc3C(=O)O)n(-c3nc(C)cnc3C)n2)c1. The van der Waals surface area contributed by atoms with Crippen LogP contribution in [0.15, 0.2) is 54.7 Å². The van der Waals surface area contributed by atoms with Crippen molar-refractivity contribution in [1.29, 1.82) is 0 Å². The molecule has 34 heavy (non-hydrogen) atoms. The molecule has 0 aliphatic heterocycles. The topological polar surface area (TPSA) is 92.9 Å². The first kappa shape index (κ1) is 23.0.